The molecule has 1 aliphatic carbocycles. The summed E-state index contributed by atoms with van der Waals surface area (Å²) in [4.78, 5) is 44.5. The van der Waals surface area contributed by atoms with Gasteiger partial charge in [0, 0.05) is 52.5 Å². The predicted molar refractivity (Wildman–Crippen MR) is 171 cm³/mol. The van der Waals surface area contributed by atoms with Gasteiger partial charge in [0.1, 0.15) is 11.0 Å². The van der Waals surface area contributed by atoms with E-state index < -0.39 is 11.0 Å². The van der Waals surface area contributed by atoms with Crippen LogP contribution in [-0.2, 0) is 22.3 Å². The number of nitrogens with zero attached hydrogens (tertiary/aromatic N) is 1. The molecule has 1 fully saturated rings. The SMILES string of the molecule is CCN(C(=O)C1CCCC1)c1cc(-c2ccc(NS(=O)C(C)C)cc2)cc(C(=O)NCc2c(C)cc(C)[nH]c2=O)c1C. The Morgan fingerprint density at radius 1 is 1.02 bits per heavy atom. The number of amides is 2. The minimum absolute atomic E-state index is 0.00583. The van der Waals surface area contributed by atoms with E-state index in [-0.39, 0.29) is 35.1 Å². The first kappa shape index (κ1) is 31.2. The van der Waals surface area contributed by atoms with Crippen molar-refractivity contribution in [3.05, 3.63) is 80.8 Å². The number of hydrogen-bond donors (Lipinski definition) is 3. The lowest BCUT2D eigenvalue weighted by atomic mass is 9.95. The van der Waals surface area contributed by atoms with Crippen molar-refractivity contribution in [2.75, 3.05) is 16.2 Å². The summed E-state index contributed by atoms with van der Waals surface area (Å²) in [7, 11) is -1.20. The van der Waals surface area contributed by atoms with Crippen LogP contribution in [0.2, 0.25) is 0 Å². The van der Waals surface area contributed by atoms with Crippen molar-refractivity contribution < 1.29 is 13.8 Å². The van der Waals surface area contributed by atoms with Crippen LogP contribution < -0.4 is 20.5 Å². The number of aryl methyl sites for hydroxylation is 2. The normalized spacial score (nSPS) is 14.2. The molecular formula is C33H42N4O4S. The Hall–Kier alpha value is -3.72. The second kappa shape index (κ2) is 13.5. The molecule has 4 rings (SSSR count). The molecule has 0 bridgehead atoms. The fourth-order valence-corrected chi connectivity index (χ4v) is 6.15. The number of carbonyl (C=O) groups is 2. The second-order valence-electron chi connectivity index (χ2n) is 11.4. The summed E-state index contributed by atoms with van der Waals surface area (Å²) < 4.78 is 15.3. The van der Waals surface area contributed by atoms with Crippen LogP contribution in [0.5, 0.6) is 0 Å². The quantitative estimate of drug-likeness (QED) is 0.272. The Morgan fingerprint density at radius 2 is 1.69 bits per heavy atom. The van der Waals surface area contributed by atoms with Gasteiger partial charge in [-0.1, -0.05) is 25.0 Å². The Bertz CT molecular complexity index is 1540. The molecule has 9 heteroatoms. The highest BCUT2D eigenvalue weighted by molar-refractivity contribution is 7.86. The van der Waals surface area contributed by atoms with Gasteiger partial charge in [-0.05, 0) is 107 Å². The summed E-state index contributed by atoms with van der Waals surface area (Å²) in [5.41, 5.74) is 6.14. The first-order valence-corrected chi connectivity index (χ1v) is 15.9. The molecule has 0 spiro atoms. The number of H-pyrrole nitrogens is 1. The minimum atomic E-state index is -1.20. The number of aromatic nitrogens is 1. The maximum absolute atomic E-state index is 13.7. The zero-order chi connectivity index (χ0) is 30.6. The lowest BCUT2D eigenvalue weighted by molar-refractivity contribution is -0.122. The van der Waals surface area contributed by atoms with E-state index in [4.69, 9.17) is 0 Å². The smallest absolute Gasteiger partial charge is 0.253 e. The third-order valence-corrected chi connectivity index (χ3v) is 9.28. The molecular weight excluding hydrogens is 548 g/mol. The van der Waals surface area contributed by atoms with Gasteiger partial charge in [0.2, 0.25) is 5.91 Å². The summed E-state index contributed by atoms with van der Waals surface area (Å²) in [6.45, 7) is 11.9. The molecule has 1 unspecified atom stereocenters. The van der Waals surface area contributed by atoms with Gasteiger partial charge in [0.15, 0.2) is 0 Å². The predicted octanol–water partition coefficient (Wildman–Crippen LogP) is 5.92. The van der Waals surface area contributed by atoms with Crippen molar-refractivity contribution in [3.63, 3.8) is 0 Å². The molecule has 3 aromatic rings. The van der Waals surface area contributed by atoms with E-state index in [0.29, 0.717) is 28.9 Å². The number of nitrogens with one attached hydrogen (secondary N) is 3. The molecule has 2 amide bonds. The number of pyridine rings is 1. The number of carbonyl (C=O) groups excluding carboxylic acids is 2. The first-order chi connectivity index (χ1) is 20.0. The summed E-state index contributed by atoms with van der Waals surface area (Å²) in [5.74, 6) is -0.224. The van der Waals surface area contributed by atoms with Crippen LogP contribution in [-0.4, -0.2) is 32.8 Å². The molecule has 0 radical (unpaired) electrons. The molecule has 1 heterocycles. The summed E-state index contributed by atoms with van der Waals surface area (Å²) in [6, 6.07) is 13.3. The van der Waals surface area contributed by atoms with E-state index in [0.717, 1.165) is 53.8 Å². The summed E-state index contributed by atoms with van der Waals surface area (Å²) in [6.07, 6.45) is 3.89. The first-order valence-electron chi connectivity index (χ1n) is 14.7. The van der Waals surface area contributed by atoms with E-state index in [2.05, 4.69) is 15.0 Å². The molecule has 0 aliphatic heterocycles. The van der Waals surface area contributed by atoms with Crippen LogP contribution in [0.4, 0.5) is 11.4 Å². The molecule has 8 nitrogen and oxygen atoms in total. The van der Waals surface area contributed by atoms with Gasteiger partial charge in [0.05, 0.1) is 0 Å². The van der Waals surface area contributed by atoms with Crippen LogP contribution in [0, 0.1) is 26.7 Å². The van der Waals surface area contributed by atoms with Gasteiger partial charge in [-0.3, -0.25) is 14.4 Å². The molecule has 0 saturated heterocycles. The highest BCUT2D eigenvalue weighted by atomic mass is 32.2. The zero-order valence-corrected chi connectivity index (χ0v) is 26.2. The Kier molecular flexibility index (Phi) is 10.0. The van der Waals surface area contributed by atoms with Crippen molar-refractivity contribution >= 4 is 34.2 Å². The van der Waals surface area contributed by atoms with Gasteiger partial charge < -0.3 is 19.9 Å². The summed E-state index contributed by atoms with van der Waals surface area (Å²) in [5, 5.41) is 2.91. The average Bonchev–Trinajstić information content (AvgIpc) is 3.49. The maximum atomic E-state index is 13.7. The van der Waals surface area contributed by atoms with Crippen LogP contribution in [0.3, 0.4) is 0 Å². The molecule has 3 N–H and O–H groups in total. The van der Waals surface area contributed by atoms with Crippen molar-refractivity contribution in [2.24, 2.45) is 5.92 Å². The van der Waals surface area contributed by atoms with Crippen molar-refractivity contribution in [3.8, 4) is 11.1 Å². The minimum Gasteiger partial charge on any atom is -0.348 e. The molecule has 1 aliphatic rings. The second-order valence-corrected chi connectivity index (χ2v) is 13.1. The van der Waals surface area contributed by atoms with Gasteiger partial charge in [-0.15, -0.1) is 0 Å². The Balaban J connectivity index is 1.72. The Labute approximate surface area is 250 Å². The fraction of sp³-hybridized carbons (Fsp3) is 0.424. The van der Waals surface area contributed by atoms with Crippen LogP contribution in [0.1, 0.15) is 79.2 Å². The molecule has 1 saturated carbocycles. The number of benzene rings is 2. The fourth-order valence-electron chi connectivity index (χ4n) is 5.55. The third kappa shape index (κ3) is 7.01. The number of hydrogen-bond acceptors (Lipinski definition) is 4. The van der Waals surface area contributed by atoms with Crippen molar-refractivity contribution in [2.45, 2.75) is 79.0 Å². The Morgan fingerprint density at radius 3 is 2.29 bits per heavy atom. The monoisotopic (exact) mass is 590 g/mol. The largest absolute Gasteiger partial charge is 0.348 e. The van der Waals surface area contributed by atoms with E-state index in [1.165, 1.54) is 0 Å². The van der Waals surface area contributed by atoms with E-state index in [1.54, 1.807) is 0 Å². The molecule has 224 valence electrons. The average molecular weight is 591 g/mol. The number of aromatic amines is 1. The highest BCUT2D eigenvalue weighted by Gasteiger charge is 2.29. The van der Waals surface area contributed by atoms with Gasteiger partial charge >= 0.3 is 0 Å². The van der Waals surface area contributed by atoms with Gasteiger partial charge in [0.25, 0.3) is 11.5 Å². The maximum Gasteiger partial charge on any atom is 0.253 e. The molecule has 2 aromatic carbocycles. The van der Waals surface area contributed by atoms with Crippen molar-refractivity contribution in [1.82, 2.24) is 10.3 Å². The van der Waals surface area contributed by atoms with Crippen LogP contribution in [0.15, 0.2) is 47.3 Å². The van der Waals surface area contributed by atoms with Crippen LogP contribution in [0.25, 0.3) is 11.1 Å². The van der Waals surface area contributed by atoms with E-state index in [1.807, 2.05) is 88.9 Å². The molecule has 1 atom stereocenters. The molecule has 1 aromatic heterocycles. The van der Waals surface area contributed by atoms with Crippen molar-refractivity contribution in [1.29, 1.82) is 0 Å². The van der Waals surface area contributed by atoms with Gasteiger partial charge in [-0.25, -0.2) is 4.21 Å². The zero-order valence-electron chi connectivity index (χ0n) is 25.4. The number of rotatable bonds is 10. The lowest BCUT2D eigenvalue weighted by Crippen LogP contribution is -2.36. The lowest BCUT2D eigenvalue weighted by Gasteiger charge is -2.28. The van der Waals surface area contributed by atoms with Gasteiger partial charge in [-0.2, -0.15) is 0 Å². The molecule has 42 heavy (non-hydrogen) atoms. The van der Waals surface area contributed by atoms with Crippen LogP contribution >= 0.6 is 0 Å². The standard InChI is InChI=1S/C33H42N4O4S/c1-7-37(33(40)25-10-8-9-11-25)30-18-26(24-12-14-27(15-13-24)36-42(41)20(2)3)17-28(23(30)6)31(38)34-19-29-21(4)16-22(5)35-32(29)39/h12-18,20,25,36H,7-11,19H2,1-6H3,(H,34,38)(H,35,39). The highest BCUT2D eigenvalue weighted by Crippen LogP contribution is 2.35. The third-order valence-electron chi connectivity index (χ3n) is 7.99. The number of anilines is 2. The topological polar surface area (TPSA) is 111 Å². The van der Waals surface area contributed by atoms with E-state index in [9.17, 15) is 18.6 Å². The summed E-state index contributed by atoms with van der Waals surface area (Å²) >= 11 is 0. The van der Waals surface area contributed by atoms with E-state index >= 15 is 0 Å².